The maximum absolute atomic E-state index is 13.2. The summed E-state index contributed by atoms with van der Waals surface area (Å²) in [5.41, 5.74) is 0.866. The molecule has 1 unspecified atom stereocenters. The molecule has 1 aromatic heterocycles. The van der Waals surface area contributed by atoms with E-state index in [4.69, 9.17) is 14.2 Å². The third-order valence-electron chi connectivity index (χ3n) is 5.83. The van der Waals surface area contributed by atoms with Gasteiger partial charge in [0.25, 0.3) is 5.91 Å². The number of hydrogen-bond donors (Lipinski definition) is 0. The fourth-order valence-corrected chi connectivity index (χ4v) is 6.78. The summed E-state index contributed by atoms with van der Waals surface area (Å²) in [6, 6.07) is 9.09. The zero-order chi connectivity index (χ0) is 23.2. The number of rotatable bonds is 4. The summed E-state index contributed by atoms with van der Waals surface area (Å²) in [5.74, 6) is 1.42. The standard InChI is InChI=1S/C22H23N3O6S2/c1-24-17-12-18-19(31-11-10-30-18)13-20(17)32-22(24)23-21(26)16-4-3-9-25(16)33(27,28)15-7-5-14(29-2)6-8-15/h5-8,12-13,16H,3-4,9-11H2,1-2H3. The molecule has 0 aliphatic carbocycles. The van der Waals surface area contributed by atoms with E-state index in [1.807, 2.05) is 23.7 Å². The van der Waals surface area contributed by atoms with Crippen LogP contribution in [0, 0.1) is 0 Å². The highest BCUT2D eigenvalue weighted by molar-refractivity contribution is 7.89. The molecule has 5 rings (SSSR count). The second-order valence-corrected chi connectivity index (χ2v) is 10.7. The van der Waals surface area contributed by atoms with Crippen molar-refractivity contribution in [3.8, 4) is 17.2 Å². The normalized spacial score (nSPS) is 19.2. The Kier molecular flexibility index (Phi) is 5.63. The number of carbonyl (C=O) groups is 1. The molecule has 9 nitrogen and oxygen atoms in total. The molecule has 1 atom stereocenters. The van der Waals surface area contributed by atoms with Crippen LogP contribution in [-0.4, -0.2) is 56.1 Å². The number of methoxy groups -OCH3 is 1. The highest BCUT2D eigenvalue weighted by Crippen LogP contribution is 2.35. The molecule has 33 heavy (non-hydrogen) atoms. The second-order valence-electron chi connectivity index (χ2n) is 7.81. The Bertz CT molecular complexity index is 1390. The number of hydrogen-bond acceptors (Lipinski definition) is 7. The lowest BCUT2D eigenvalue weighted by atomic mass is 10.2. The lowest BCUT2D eigenvalue weighted by molar-refractivity contribution is -0.121. The molecule has 0 saturated carbocycles. The number of thiazole rings is 1. The number of sulfonamides is 1. The maximum Gasteiger partial charge on any atom is 0.266 e. The van der Waals surface area contributed by atoms with E-state index < -0.39 is 22.0 Å². The lowest BCUT2D eigenvalue weighted by Crippen LogP contribution is -2.40. The van der Waals surface area contributed by atoms with Gasteiger partial charge in [-0.05, 0) is 37.1 Å². The molecular formula is C22H23N3O6S2. The molecule has 1 fully saturated rings. The van der Waals surface area contributed by atoms with Crippen molar-refractivity contribution < 1.29 is 27.4 Å². The van der Waals surface area contributed by atoms with Gasteiger partial charge in [0.2, 0.25) is 10.0 Å². The van der Waals surface area contributed by atoms with Crippen LogP contribution >= 0.6 is 11.3 Å². The van der Waals surface area contributed by atoms with Gasteiger partial charge in [0.15, 0.2) is 16.3 Å². The first-order chi connectivity index (χ1) is 15.9. The average Bonchev–Trinajstić information content (AvgIpc) is 3.44. The van der Waals surface area contributed by atoms with Gasteiger partial charge in [0, 0.05) is 25.7 Å². The van der Waals surface area contributed by atoms with Crippen LogP contribution in [0.25, 0.3) is 10.2 Å². The zero-order valence-electron chi connectivity index (χ0n) is 18.2. The van der Waals surface area contributed by atoms with E-state index in [1.165, 1.54) is 34.9 Å². The topological polar surface area (TPSA) is 99.4 Å². The van der Waals surface area contributed by atoms with E-state index >= 15 is 0 Å². The van der Waals surface area contributed by atoms with Gasteiger partial charge in [0.1, 0.15) is 25.0 Å². The van der Waals surface area contributed by atoms with E-state index in [-0.39, 0.29) is 11.4 Å². The molecular weight excluding hydrogens is 466 g/mol. The molecule has 0 bridgehead atoms. The summed E-state index contributed by atoms with van der Waals surface area (Å²) in [7, 11) is -0.497. The van der Waals surface area contributed by atoms with E-state index in [0.717, 1.165) is 10.2 Å². The minimum absolute atomic E-state index is 0.126. The highest BCUT2D eigenvalue weighted by atomic mass is 32.2. The molecule has 174 valence electrons. The third-order valence-corrected chi connectivity index (χ3v) is 8.85. The summed E-state index contributed by atoms with van der Waals surface area (Å²) in [5, 5.41) is 0. The van der Waals surface area contributed by atoms with Gasteiger partial charge in [-0.25, -0.2) is 8.42 Å². The van der Waals surface area contributed by atoms with Crippen LogP contribution in [0.1, 0.15) is 12.8 Å². The molecule has 0 radical (unpaired) electrons. The highest BCUT2D eigenvalue weighted by Gasteiger charge is 2.39. The van der Waals surface area contributed by atoms with Crippen molar-refractivity contribution in [1.29, 1.82) is 0 Å². The number of aryl methyl sites for hydroxylation is 1. The van der Waals surface area contributed by atoms with Crippen LogP contribution in [0.2, 0.25) is 0 Å². The molecule has 3 heterocycles. The van der Waals surface area contributed by atoms with E-state index in [2.05, 4.69) is 4.99 Å². The van der Waals surface area contributed by atoms with Gasteiger partial charge >= 0.3 is 0 Å². The second kappa shape index (κ2) is 8.47. The Morgan fingerprint density at radius 1 is 1.15 bits per heavy atom. The number of ether oxygens (including phenoxy) is 3. The van der Waals surface area contributed by atoms with Crippen LogP contribution < -0.4 is 19.0 Å². The summed E-state index contributed by atoms with van der Waals surface area (Å²) >= 11 is 1.35. The first-order valence-electron chi connectivity index (χ1n) is 10.5. The van der Waals surface area contributed by atoms with Crippen molar-refractivity contribution in [2.75, 3.05) is 26.9 Å². The summed E-state index contributed by atoms with van der Waals surface area (Å²) in [6.07, 6.45) is 1.03. The zero-order valence-corrected chi connectivity index (χ0v) is 19.8. The monoisotopic (exact) mass is 489 g/mol. The van der Waals surface area contributed by atoms with Crippen molar-refractivity contribution >= 4 is 37.5 Å². The summed E-state index contributed by atoms with van der Waals surface area (Å²) in [6.45, 7) is 1.26. The van der Waals surface area contributed by atoms with E-state index in [1.54, 1.807) is 12.1 Å². The van der Waals surface area contributed by atoms with Crippen molar-refractivity contribution in [3.05, 3.63) is 41.2 Å². The van der Waals surface area contributed by atoms with Crippen LogP contribution in [0.4, 0.5) is 0 Å². The fourth-order valence-electron chi connectivity index (χ4n) is 4.10. The van der Waals surface area contributed by atoms with E-state index in [9.17, 15) is 13.2 Å². The van der Waals surface area contributed by atoms with Crippen molar-refractivity contribution in [1.82, 2.24) is 8.87 Å². The Morgan fingerprint density at radius 2 is 1.85 bits per heavy atom. The number of amides is 1. The van der Waals surface area contributed by atoms with Crippen molar-refractivity contribution in [2.24, 2.45) is 12.0 Å². The molecule has 2 aliphatic rings. The Morgan fingerprint density at radius 3 is 2.55 bits per heavy atom. The quantitative estimate of drug-likeness (QED) is 0.558. The number of carbonyl (C=O) groups excluding carboxylic acids is 1. The van der Waals surface area contributed by atoms with Crippen LogP contribution in [-0.2, 0) is 21.9 Å². The van der Waals surface area contributed by atoms with Gasteiger partial charge in [-0.2, -0.15) is 9.30 Å². The predicted octanol–water partition coefficient (Wildman–Crippen LogP) is 2.30. The largest absolute Gasteiger partial charge is 0.497 e. The summed E-state index contributed by atoms with van der Waals surface area (Å²) < 4.78 is 46.8. The van der Waals surface area contributed by atoms with Crippen LogP contribution in [0.5, 0.6) is 17.2 Å². The van der Waals surface area contributed by atoms with Gasteiger partial charge in [-0.1, -0.05) is 11.3 Å². The number of nitrogens with zero attached hydrogens (tertiary/aromatic N) is 3. The van der Waals surface area contributed by atoms with Gasteiger partial charge < -0.3 is 18.8 Å². The summed E-state index contributed by atoms with van der Waals surface area (Å²) in [4.78, 5) is 18.1. The van der Waals surface area contributed by atoms with Gasteiger partial charge in [-0.15, -0.1) is 0 Å². The van der Waals surface area contributed by atoms with Gasteiger partial charge in [-0.3, -0.25) is 4.79 Å². The molecule has 1 amide bonds. The average molecular weight is 490 g/mol. The molecule has 2 aromatic carbocycles. The minimum atomic E-state index is -3.84. The van der Waals surface area contributed by atoms with Crippen LogP contribution in [0.3, 0.4) is 0 Å². The minimum Gasteiger partial charge on any atom is -0.497 e. The fraction of sp³-hybridized carbons (Fsp3) is 0.364. The SMILES string of the molecule is COc1ccc(S(=O)(=O)N2CCCC2C(=O)N=c2sc3cc4c(cc3n2C)OCCO4)cc1. The maximum atomic E-state index is 13.2. The Hall–Kier alpha value is -2.89. The predicted molar refractivity (Wildman–Crippen MR) is 122 cm³/mol. The Labute approximate surface area is 194 Å². The van der Waals surface area contributed by atoms with Gasteiger partial charge in [0.05, 0.1) is 22.2 Å². The number of fused-ring (bicyclic) bond motifs is 2. The van der Waals surface area contributed by atoms with Crippen molar-refractivity contribution in [3.63, 3.8) is 0 Å². The smallest absolute Gasteiger partial charge is 0.266 e. The first kappa shape index (κ1) is 21.9. The molecule has 2 aliphatic heterocycles. The Balaban J connectivity index is 1.47. The lowest BCUT2D eigenvalue weighted by Gasteiger charge is -2.21. The number of aromatic nitrogens is 1. The van der Waals surface area contributed by atoms with Crippen LogP contribution in [0.15, 0.2) is 46.3 Å². The first-order valence-corrected chi connectivity index (χ1v) is 12.8. The molecule has 11 heteroatoms. The number of benzene rings is 2. The molecule has 0 N–H and O–H groups in total. The van der Waals surface area contributed by atoms with Crippen molar-refractivity contribution in [2.45, 2.75) is 23.8 Å². The van der Waals surface area contributed by atoms with E-state index in [0.29, 0.717) is 48.1 Å². The molecule has 1 saturated heterocycles. The third kappa shape index (κ3) is 3.90. The molecule has 0 spiro atoms. The molecule has 3 aromatic rings.